The predicted molar refractivity (Wildman–Crippen MR) is 81.3 cm³/mol. The van der Waals surface area contributed by atoms with E-state index in [0.717, 1.165) is 30.6 Å². The normalized spacial score (nSPS) is 18.8. The quantitative estimate of drug-likeness (QED) is 0.591. The number of rotatable bonds is 4. The highest BCUT2D eigenvalue weighted by atomic mass is 32.1. The molecule has 1 aromatic rings. The highest BCUT2D eigenvalue weighted by molar-refractivity contribution is 7.14. The molecule has 3 N–H and O–H groups in total. The van der Waals surface area contributed by atoms with Gasteiger partial charge in [-0.05, 0) is 31.9 Å². The first-order valence-corrected chi connectivity index (χ1v) is 8.13. The Morgan fingerprint density at radius 1 is 1.29 bits per heavy atom. The molecule has 2 amide bonds. The maximum absolute atomic E-state index is 12.5. The van der Waals surface area contributed by atoms with Gasteiger partial charge in [0, 0.05) is 10.3 Å². The summed E-state index contributed by atoms with van der Waals surface area (Å²) in [6.45, 7) is 3.95. The highest BCUT2D eigenvalue weighted by Crippen LogP contribution is 2.36. The van der Waals surface area contributed by atoms with Crippen LogP contribution in [0.15, 0.2) is 12.1 Å². The topological polar surface area (TPSA) is 78.4 Å². The second-order valence-corrected chi connectivity index (χ2v) is 7.07. The van der Waals surface area contributed by atoms with E-state index in [1.165, 1.54) is 17.8 Å². The van der Waals surface area contributed by atoms with Gasteiger partial charge < -0.3 is 5.32 Å². The van der Waals surface area contributed by atoms with Gasteiger partial charge in [0.1, 0.15) is 0 Å². The summed E-state index contributed by atoms with van der Waals surface area (Å²) in [6.07, 6.45) is 5.31. The molecule has 1 heterocycles. The summed E-state index contributed by atoms with van der Waals surface area (Å²) in [7, 11) is 0. The molecule has 0 saturated heterocycles. The maximum Gasteiger partial charge on any atom is 0.284 e. The van der Waals surface area contributed by atoms with Crippen molar-refractivity contribution in [1.82, 2.24) is 10.8 Å². The van der Waals surface area contributed by atoms with Crippen LogP contribution in [0.25, 0.3) is 0 Å². The molecule has 1 aromatic heterocycles. The molecule has 21 heavy (non-hydrogen) atoms. The van der Waals surface area contributed by atoms with Crippen molar-refractivity contribution >= 4 is 23.2 Å². The second-order valence-electron chi connectivity index (χ2n) is 5.96. The first-order chi connectivity index (χ1) is 9.96. The fourth-order valence-corrected chi connectivity index (χ4v) is 3.66. The minimum atomic E-state index is -0.524. The van der Waals surface area contributed by atoms with E-state index in [0.29, 0.717) is 4.88 Å². The minimum Gasteiger partial charge on any atom is -0.348 e. The Labute approximate surface area is 128 Å². The van der Waals surface area contributed by atoms with Crippen molar-refractivity contribution in [2.75, 3.05) is 0 Å². The Morgan fingerprint density at radius 3 is 2.57 bits per heavy atom. The zero-order valence-electron chi connectivity index (χ0n) is 12.4. The first kappa shape index (κ1) is 16.0. The molecule has 1 aliphatic rings. The van der Waals surface area contributed by atoms with Crippen LogP contribution in [0.3, 0.4) is 0 Å². The molecule has 2 rings (SSSR count). The molecule has 0 bridgehead atoms. The third-order valence-electron chi connectivity index (χ3n) is 4.23. The van der Waals surface area contributed by atoms with Crippen molar-refractivity contribution in [3.63, 3.8) is 0 Å². The molecule has 1 fully saturated rings. The van der Waals surface area contributed by atoms with Crippen LogP contribution in [0.2, 0.25) is 0 Å². The van der Waals surface area contributed by atoms with E-state index in [4.69, 9.17) is 5.21 Å². The lowest BCUT2D eigenvalue weighted by Crippen LogP contribution is -2.41. The monoisotopic (exact) mass is 310 g/mol. The largest absolute Gasteiger partial charge is 0.348 e. The number of hydrogen-bond donors (Lipinski definition) is 3. The summed E-state index contributed by atoms with van der Waals surface area (Å²) >= 11 is 1.27. The molecule has 1 atom stereocenters. The Bertz CT molecular complexity index is 521. The van der Waals surface area contributed by atoms with Gasteiger partial charge in [-0.1, -0.05) is 26.2 Å². The third kappa shape index (κ3) is 3.63. The van der Waals surface area contributed by atoms with Gasteiger partial charge in [-0.15, -0.1) is 11.3 Å². The fourth-order valence-electron chi connectivity index (χ4n) is 2.76. The van der Waals surface area contributed by atoms with Gasteiger partial charge in [-0.3, -0.25) is 14.8 Å². The van der Waals surface area contributed by atoms with E-state index in [9.17, 15) is 9.59 Å². The van der Waals surface area contributed by atoms with Gasteiger partial charge in [-0.25, -0.2) is 5.48 Å². The fraction of sp³-hybridized carbons (Fsp3) is 0.600. The average molecular weight is 310 g/mol. The predicted octanol–water partition coefficient (Wildman–Crippen LogP) is 3.01. The van der Waals surface area contributed by atoms with Crippen LogP contribution in [-0.4, -0.2) is 17.0 Å². The highest BCUT2D eigenvalue weighted by Gasteiger charge is 2.35. The Hall–Kier alpha value is -1.40. The molecule has 6 heteroatoms. The number of amides is 2. The summed E-state index contributed by atoms with van der Waals surface area (Å²) in [5.41, 5.74) is 1.35. The lowest BCUT2D eigenvalue weighted by Gasteiger charge is -2.33. The number of thiophene rings is 1. The summed E-state index contributed by atoms with van der Waals surface area (Å²) in [4.78, 5) is 25.1. The van der Waals surface area contributed by atoms with Gasteiger partial charge in [0.2, 0.25) is 5.91 Å². The molecule has 5 nitrogen and oxygen atoms in total. The van der Waals surface area contributed by atoms with E-state index < -0.39 is 5.91 Å². The van der Waals surface area contributed by atoms with Crippen LogP contribution < -0.4 is 10.8 Å². The van der Waals surface area contributed by atoms with Crippen LogP contribution in [-0.2, 0) is 4.79 Å². The number of hydroxylamine groups is 1. The Morgan fingerprint density at radius 2 is 1.95 bits per heavy atom. The van der Waals surface area contributed by atoms with Gasteiger partial charge >= 0.3 is 0 Å². The summed E-state index contributed by atoms with van der Waals surface area (Å²) < 4.78 is 0. The standard InChI is InChI=1S/C15H22N2O3S/c1-10(11-6-7-12(21-11)13(18)17-20)16-14(19)15(2)8-4-3-5-9-15/h6-7,10,20H,3-5,8-9H2,1-2H3,(H,16,19)(H,17,18)/t10-/m1/s1. The van der Waals surface area contributed by atoms with Crippen LogP contribution in [0.1, 0.15) is 66.5 Å². The molecule has 0 aliphatic heterocycles. The summed E-state index contributed by atoms with van der Waals surface area (Å²) in [5, 5.41) is 11.7. The zero-order chi connectivity index (χ0) is 15.5. The van der Waals surface area contributed by atoms with Crippen molar-refractivity contribution in [1.29, 1.82) is 0 Å². The van der Waals surface area contributed by atoms with E-state index >= 15 is 0 Å². The number of carbonyl (C=O) groups excluding carboxylic acids is 2. The molecule has 116 valence electrons. The van der Waals surface area contributed by atoms with E-state index in [1.54, 1.807) is 11.5 Å². The van der Waals surface area contributed by atoms with Crippen molar-refractivity contribution in [3.05, 3.63) is 21.9 Å². The van der Waals surface area contributed by atoms with Crippen molar-refractivity contribution in [2.45, 2.75) is 52.0 Å². The number of hydrogen-bond acceptors (Lipinski definition) is 4. The van der Waals surface area contributed by atoms with Crippen molar-refractivity contribution in [2.24, 2.45) is 5.41 Å². The van der Waals surface area contributed by atoms with Crippen LogP contribution >= 0.6 is 11.3 Å². The number of nitrogens with one attached hydrogen (secondary N) is 2. The summed E-state index contributed by atoms with van der Waals surface area (Å²) in [5.74, 6) is -0.430. The van der Waals surface area contributed by atoms with E-state index in [-0.39, 0.29) is 17.4 Å². The lowest BCUT2D eigenvalue weighted by atomic mass is 9.75. The van der Waals surface area contributed by atoms with Crippen LogP contribution in [0.5, 0.6) is 0 Å². The SMILES string of the molecule is C[C@@H](NC(=O)C1(C)CCCCC1)c1ccc(C(=O)NO)s1. The number of carbonyl (C=O) groups is 2. The molecule has 0 aromatic carbocycles. The summed E-state index contributed by atoms with van der Waals surface area (Å²) in [6, 6.07) is 3.32. The molecule has 0 radical (unpaired) electrons. The van der Waals surface area contributed by atoms with Gasteiger partial charge in [-0.2, -0.15) is 0 Å². The Balaban J connectivity index is 2.00. The zero-order valence-corrected chi connectivity index (χ0v) is 13.3. The van der Waals surface area contributed by atoms with Crippen molar-refractivity contribution in [3.8, 4) is 0 Å². The van der Waals surface area contributed by atoms with Crippen LogP contribution in [0, 0.1) is 5.41 Å². The van der Waals surface area contributed by atoms with Gasteiger partial charge in [0.05, 0.1) is 10.9 Å². The lowest BCUT2D eigenvalue weighted by molar-refractivity contribution is -0.132. The molecular weight excluding hydrogens is 288 g/mol. The van der Waals surface area contributed by atoms with Crippen molar-refractivity contribution < 1.29 is 14.8 Å². The maximum atomic E-state index is 12.5. The molecule has 0 spiro atoms. The Kier molecular flexibility index (Phi) is 5.00. The molecule has 1 saturated carbocycles. The van der Waals surface area contributed by atoms with E-state index in [1.807, 2.05) is 19.9 Å². The third-order valence-corrected chi connectivity index (χ3v) is 5.50. The molecule has 1 aliphatic carbocycles. The van der Waals surface area contributed by atoms with Crippen LogP contribution in [0.4, 0.5) is 0 Å². The molecule has 0 unspecified atom stereocenters. The molecular formula is C15H22N2O3S. The van der Waals surface area contributed by atoms with E-state index in [2.05, 4.69) is 5.32 Å². The smallest absolute Gasteiger partial charge is 0.284 e. The van der Waals surface area contributed by atoms with Gasteiger partial charge in [0.25, 0.3) is 5.91 Å². The van der Waals surface area contributed by atoms with Gasteiger partial charge in [0.15, 0.2) is 0 Å². The second kappa shape index (κ2) is 6.58. The minimum absolute atomic E-state index is 0.0938. The first-order valence-electron chi connectivity index (χ1n) is 7.31. The average Bonchev–Trinajstić information content (AvgIpc) is 2.97.